The number of carbonyl (C=O) groups excluding carboxylic acids is 1. The molecule has 6 heteroatoms. The molecule has 1 aromatic rings. The fourth-order valence-corrected chi connectivity index (χ4v) is 1.61. The van der Waals surface area contributed by atoms with Crippen LogP contribution in [0.15, 0.2) is 18.3 Å². The van der Waals surface area contributed by atoms with E-state index in [0.29, 0.717) is 24.5 Å². The lowest BCUT2D eigenvalue weighted by Crippen LogP contribution is -2.34. The van der Waals surface area contributed by atoms with E-state index in [1.807, 2.05) is 0 Å². The van der Waals surface area contributed by atoms with Crippen LogP contribution in [0, 0.1) is 0 Å². The van der Waals surface area contributed by atoms with Crippen LogP contribution >= 0.6 is 0 Å². The number of anilines is 1. The molecule has 1 aromatic heterocycles. The van der Waals surface area contributed by atoms with Crippen LogP contribution in [0.1, 0.15) is 30.1 Å². The summed E-state index contributed by atoms with van der Waals surface area (Å²) in [5, 5.41) is 8.99. The van der Waals surface area contributed by atoms with Crippen molar-refractivity contribution >= 4 is 11.7 Å². The van der Waals surface area contributed by atoms with E-state index in [4.69, 9.17) is 10.9 Å². The zero-order chi connectivity index (χ0) is 13.4. The lowest BCUT2D eigenvalue weighted by molar-refractivity contribution is 0.0719. The van der Waals surface area contributed by atoms with Crippen molar-refractivity contribution in [3.05, 3.63) is 23.9 Å². The van der Waals surface area contributed by atoms with Crippen molar-refractivity contribution in [2.45, 2.75) is 19.8 Å². The molecule has 1 heterocycles. The Morgan fingerprint density at radius 3 is 2.94 bits per heavy atom. The molecule has 0 radical (unpaired) electrons. The summed E-state index contributed by atoms with van der Waals surface area (Å²) in [6.45, 7) is 3.00. The molecular formula is C12H20N4O2. The molecular weight excluding hydrogens is 232 g/mol. The third-order valence-electron chi connectivity index (χ3n) is 2.59. The molecule has 1 rings (SSSR count). The zero-order valence-corrected chi connectivity index (χ0v) is 10.6. The molecule has 0 aliphatic heterocycles. The quantitative estimate of drug-likeness (QED) is 0.488. The Hall–Kier alpha value is -1.66. The first-order valence-corrected chi connectivity index (χ1v) is 6.05. The number of amides is 1. The highest BCUT2D eigenvalue weighted by atomic mass is 16.3. The van der Waals surface area contributed by atoms with Gasteiger partial charge < -0.3 is 15.4 Å². The van der Waals surface area contributed by atoms with Crippen LogP contribution in [0.3, 0.4) is 0 Å². The fourth-order valence-electron chi connectivity index (χ4n) is 1.61. The number of unbranched alkanes of at least 4 members (excludes halogenated alkanes) is 1. The van der Waals surface area contributed by atoms with Gasteiger partial charge in [-0.15, -0.1) is 0 Å². The molecule has 0 saturated heterocycles. The Morgan fingerprint density at radius 1 is 1.56 bits per heavy atom. The highest BCUT2D eigenvalue weighted by Gasteiger charge is 2.15. The summed E-state index contributed by atoms with van der Waals surface area (Å²) in [6.07, 6.45) is 3.44. The SMILES string of the molecule is CCCCN(CCO)C(=O)c1ccnc(NN)c1. The number of nitrogens with one attached hydrogen (secondary N) is 1. The van der Waals surface area contributed by atoms with Crippen LogP contribution < -0.4 is 11.3 Å². The van der Waals surface area contributed by atoms with Gasteiger partial charge in [-0.2, -0.15) is 0 Å². The number of aliphatic hydroxyl groups is 1. The second-order valence-corrected chi connectivity index (χ2v) is 3.94. The van der Waals surface area contributed by atoms with Gasteiger partial charge in [0.1, 0.15) is 5.82 Å². The van der Waals surface area contributed by atoms with Gasteiger partial charge in [-0.25, -0.2) is 10.8 Å². The lowest BCUT2D eigenvalue weighted by atomic mass is 10.2. The molecule has 0 aromatic carbocycles. The van der Waals surface area contributed by atoms with Crippen molar-refractivity contribution in [3.8, 4) is 0 Å². The predicted molar refractivity (Wildman–Crippen MR) is 69.9 cm³/mol. The van der Waals surface area contributed by atoms with E-state index < -0.39 is 0 Å². The van der Waals surface area contributed by atoms with Crippen LogP contribution in [0.4, 0.5) is 5.82 Å². The van der Waals surface area contributed by atoms with E-state index in [-0.39, 0.29) is 12.5 Å². The topological polar surface area (TPSA) is 91.5 Å². The molecule has 0 saturated carbocycles. The number of carbonyl (C=O) groups is 1. The lowest BCUT2D eigenvalue weighted by Gasteiger charge is -2.21. The van der Waals surface area contributed by atoms with Crippen molar-refractivity contribution in [2.24, 2.45) is 5.84 Å². The van der Waals surface area contributed by atoms with E-state index in [1.54, 1.807) is 17.0 Å². The Bertz CT molecular complexity index is 384. The number of pyridine rings is 1. The molecule has 100 valence electrons. The molecule has 0 aliphatic carbocycles. The van der Waals surface area contributed by atoms with Crippen molar-refractivity contribution in [1.82, 2.24) is 9.88 Å². The monoisotopic (exact) mass is 252 g/mol. The third kappa shape index (κ3) is 3.97. The highest BCUT2D eigenvalue weighted by Crippen LogP contribution is 2.09. The first-order chi connectivity index (χ1) is 8.72. The summed E-state index contributed by atoms with van der Waals surface area (Å²) in [6, 6.07) is 3.23. The van der Waals surface area contributed by atoms with Gasteiger partial charge in [0, 0.05) is 24.8 Å². The minimum Gasteiger partial charge on any atom is -0.395 e. The van der Waals surface area contributed by atoms with E-state index in [9.17, 15) is 4.79 Å². The van der Waals surface area contributed by atoms with Crippen molar-refractivity contribution in [1.29, 1.82) is 0 Å². The Kier molecular flexibility index (Phi) is 6.10. The Balaban J connectivity index is 2.79. The Labute approximate surface area is 107 Å². The standard InChI is InChI=1S/C12H20N4O2/c1-2-3-6-16(7-8-17)12(18)10-4-5-14-11(9-10)15-13/h4-5,9,17H,2-3,6-8,13H2,1H3,(H,14,15). The van der Waals surface area contributed by atoms with Crippen LogP contribution in [0.25, 0.3) is 0 Å². The maximum atomic E-state index is 12.2. The van der Waals surface area contributed by atoms with Crippen LogP contribution in [0.2, 0.25) is 0 Å². The van der Waals surface area contributed by atoms with Gasteiger partial charge in [0.05, 0.1) is 6.61 Å². The summed E-state index contributed by atoms with van der Waals surface area (Å²) in [4.78, 5) is 17.8. The molecule has 0 spiro atoms. The maximum Gasteiger partial charge on any atom is 0.254 e. The van der Waals surface area contributed by atoms with Gasteiger partial charge in [0.15, 0.2) is 0 Å². The van der Waals surface area contributed by atoms with Gasteiger partial charge in [0.2, 0.25) is 0 Å². The molecule has 0 aliphatic rings. The Morgan fingerprint density at radius 2 is 2.33 bits per heavy atom. The molecule has 0 atom stereocenters. The van der Waals surface area contributed by atoms with Gasteiger partial charge in [-0.3, -0.25) is 4.79 Å². The molecule has 6 nitrogen and oxygen atoms in total. The van der Waals surface area contributed by atoms with Gasteiger partial charge in [-0.05, 0) is 18.6 Å². The van der Waals surface area contributed by atoms with E-state index in [2.05, 4.69) is 17.3 Å². The normalized spacial score (nSPS) is 10.2. The summed E-state index contributed by atoms with van der Waals surface area (Å²) < 4.78 is 0. The highest BCUT2D eigenvalue weighted by molar-refractivity contribution is 5.94. The number of aromatic nitrogens is 1. The molecule has 0 bridgehead atoms. The molecule has 0 fully saturated rings. The number of hydrazine groups is 1. The number of hydrogen-bond acceptors (Lipinski definition) is 5. The van der Waals surface area contributed by atoms with Gasteiger partial charge in [-0.1, -0.05) is 13.3 Å². The van der Waals surface area contributed by atoms with E-state index >= 15 is 0 Å². The number of nitrogen functional groups attached to an aromatic ring is 1. The zero-order valence-electron chi connectivity index (χ0n) is 10.6. The largest absolute Gasteiger partial charge is 0.395 e. The third-order valence-corrected chi connectivity index (χ3v) is 2.59. The van der Waals surface area contributed by atoms with Crippen molar-refractivity contribution < 1.29 is 9.90 Å². The maximum absolute atomic E-state index is 12.2. The number of nitrogens with two attached hydrogens (primary N) is 1. The van der Waals surface area contributed by atoms with E-state index in [0.717, 1.165) is 12.8 Å². The van der Waals surface area contributed by atoms with E-state index in [1.165, 1.54) is 6.20 Å². The summed E-state index contributed by atoms with van der Waals surface area (Å²) in [5.41, 5.74) is 2.92. The summed E-state index contributed by atoms with van der Waals surface area (Å²) in [5.74, 6) is 5.59. The number of hydrogen-bond donors (Lipinski definition) is 3. The average Bonchev–Trinajstić information content (AvgIpc) is 2.42. The second kappa shape index (κ2) is 7.62. The molecule has 4 N–H and O–H groups in total. The molecule has 18 heavy (non-hydrogen) atoms. The van der Waals surface area contributed by atoms with Crippen LogP contribution in [-0.2, 0) is 0 Å². The number of nitrogens with zero attached hydrogens (tertiary/aromatic N) is 2. The average molecular weight is 252 g/mol. The van der Waals surface area contributed by atoms with Crippen molar-refractivity contribution in [2.75, 3.05) is 25.1 Å². The van der Waals surface area contributed by atoms with Gasteiger partial charge >= 0.3 is 0 Å². The number of aliphatic hydroxyl groups excluding tert-OH is 1. The first kappa shape index (κ1) is 14.4. The van der Waals surface area contributed by atoms with Crippen LogP contribution in [0.5, 0.6) is 0 Å². The second-order valence-electron chi connectivity index (χ2n) is 3.94. The van der Waals surface area contributed by atoms with Gasteiger partial charge in [0.25, 0.3) is 5.91 Å². The minimum absolute atomic E-state index is 0.0392. The predicted octanol–water partition coefficient (Wildman–Crippen LogP) is 0.602. The number of rotatable bonds is 7. The van der Waals surface area contributed by atoms with Crippen LogP contribution in [-0.4, -0.2) is 40.6 Å². The minimum atomic E-state index is -0.114. The fraction of sp³-hybridized carbons (Fsp3) is 0.500. The summed E-state index contributed by atoms with van der Waals surface area (Å²) >= 11 is 0. The molecule has 0 unspecified atom stereocenters. The first-order valence-electron chi connectivity index (χ1n) is 6.05. The molecule has 1 amide bonds. The summed E-state index contributed by atoms with van der Waals surface area (Å²) in [7, 11) is 0. The smallest absolute Gasteiger partial charge is 0.254 e. The van der Waals surface area contributed by atoms with Crippen molar-refractivity contribution in [3.63, 3.8) is 0 Å².